The van der Waals surface area contributed by atoms with Crippen LogP contribution in [0.2, 0.25) is 5.02 Å². The lowest BCUT2D eigenvalue weighted by atomic mass is 10.1. The molecule has 1 heterocycles. The van der Waals surface area contributed by atoms with Gasteiger partial charge in [0.05, 0.1) is 0 Å². The summed E-state index contributed by atoms with van der Waals surface area (Å²) in [5, 5.41) is 0.771. The zero-order valence-electron chi connectivity index (χ0n) is 9.53. The molecule has 94 valence electrons. The van der Waals surface area contributed by atoms with E-state index in [-0.39, 0.29) is 6.04 Å². The van der Waals surface area contributed by atoms with Crippen molar-refractivity contribution in [2.24, 2.45) is 5.73 Å². The molecule has 0 aromatic heterocycles. The summed E-state index contributed by atoms with van der Waals surface area (Å²) in [6.45, 7) is 2.83. The Morgan fingerprint density at radius 3 is 2.76 bits per heavy atom. The molecule has 5 heteroatoms. The van der Waals surface area contributed by atoms with E-state index >= 15 is 0 Å². The first-order valence-corrected chi connectivity index (χ1v) is 8.01. The molecule has 0 radical (unpaired) electrons. The van der Waals surface area contributed by atoms with E-state index in [1.54, 1.807) is 0 Å². The van der Waals surface area contributed by atoms with Crippen molar-refractivity contribution >= 4 is 39.3 Å². The van der Waals surface area contributed by atoms with Crippen molar-refractivity contribution in [2.75, 3.05) is 31.1 Å². The average Bonchev–Trinajstić information content (AvgIpc) is 2.36. The van der Waals surface area contributed by atoms with Gasteiger partial charge in [0.1, 0.15) is 0 Å². The predicted molar refractivity (Wildman–Crippen MR) is 79.8 cm³/mol. The quantitative estimate of drug-likeness (QED) is 0.920. The summed E-state index contributed by atoms with van der Waals surface area (Å²) >= 11 is 11.7. The van der Waals surface area contributed by atoms with Gasteiger partial charge < -0.3 is 5.73 Å². The van der Waals surface area contributed by atoms with Gasteiger partial charge in [-0.1, -0.05) is 27.5 Å². The summed E-state index contributed by atoms with van der Waals surface area (Å²) in [6.07, 6.45) is 0. The van der Waals surface area contributed by atoms with Gasteiger partial charge in [-0.3, -0.25) is 4.90 Å². The van der Waals surface area contributed by atoms with Crippen LogP contribution in [0.25, 0.3) is 0 Å². The summed E-state index contributed by atoms with van der Waals surface area (Å²) in [7, 11) is 0. The molecule has 0 spiro atoms. The molecule has 0 saturated carbocycles. The fraction of sp³-hybridized carbons (Fsp3) is 0.500. The van der Waals surface area contributed by atoms with Crippen molar-refractivity contribution in [2.45, 2.75) is 6.04 Å². The summed E-state index contributed by atoms with van der Waals surface area (Å²) < 4.78 is 1.09. The predicted octanol–water partition coefficient (Wildman–Crippen LogP) is 3.15. The first-order chi connectivity index (χ1) is 8.22. The Bertz CT molecular complexity index is 383. The van der Waals surface area contributed by atoms with Crippen LogP contribution in [-0.4, -0.2) is 36.0 Å². The Labute approximate surface area is 120 Å². The molecule has 0 bridgehead atoms. The summed E-state index contributed by atoms with van der Waals surface area (Å²) in [5.41, 5.74) is 7.14. The van der Waals surface area contributed by atoms with E-state index in [1.807, 2.05) is 30.0 Å². The topological polar surface area (TPSA) is 29.3 Å². The molecule has 1 unspecified atom stereocenters. The minimum Gasteiger partial charge on any atom is -0.329 e. The molecule has 1 saturated heterocycles. The van der Waals surface area contributed by atoms with Gasteiger partial charge in [0, 0.05) is 46.7 Å². The fourth-order valence-corrected chi connectivity index (χ4v) is 3.75. The van der Waals surface area contributed by atoms with Crippen molar-refractivity contribution in [1.82, 2.24) is 4.90 Å². The van der Waals surface area contributed by atoms with E-state index in [1.165, 1.54) is 17.1 Å². The summed E-state index contributed by atoms with van der Waals surface area (Å²) in [5.74, 6) is 2.38. The minimum absolute atomic E-state index is 0.268. The second kappa shape index (κ2) is 6.43. The molecule has 1 atom stereocenters. The number of rotatable bonds is 3. The van der Waals surface area contributed by atoms with Crippen LogP contribution in [0.5, 0.6) is 0 Å². The number of hydrogen-bond donors (Lipinski definition) is 1. The highest BCUT2D eigenvalue weighted by Crippen LogP contribution is 2.31. The zero-order chi connectivity index (χ0) is 12.3. The van der Waals surface area contributed by atoms with Gasteiger partial charge in [0.2, 0.25) is 0 Å². The summed E-state index contributed by atoms with van der Waals surface area (Å²) in [4.78, 5) is 2.45. The Morgan fingerprint density at radius 1 is 1.41 bits per heavy atom. The maximum atomic E-state index is 6.07. The molecule has 2 N–H and O–H groups in total. The molecule has 1 aliphatic rings. The molecule has 1 aromatic rings. The van der Waals surface area contributed by atoms with Gasteiger partial charge >= 0.3 is 0 Å². The van der Waals surface area contributed by atoms with E-state index in [0.29, 0.717) is 6.54 Å². The first kappa shape index (κ1) is 13.7. The van der Waals surface area contributed by atoms with Crippen molar-refractivity contribution in [3.8, 4) is 0 Å². The molecule has 1 fully saturated rings. The molecule has 2 nitrogen and oxygen atoms in total. The molecule has 1 aromatic carbocycles. The third kappa shape index (κ3) is 3.38. The van der Waals surface area contributed by atoms with E-state index in [4.69, 9.17) is 17.3 Å². The Hall–Kier alpha value is 0.260. The van der Waals surface area contributed by atoms with Crippen LogP contribution in [-0.2, 0) is 0 Å². The second-order valence-electron chi connectivity index (χ2n) is 4.07. The van der Waals surface area contributed by atoms with Gasteiger partial charge in [-0.15, -0.1) is 0 Å². The van der Waals surface area contributed by atoms with Crippen molar-refractivity contribution in [3.05, 3.63) is 33.3 Å². The number of thioether (sulfide) groups is 1. The van der Waals surface area contributed by atoms with Gasteiger partial charge in [-0.2, -0.15) is 11.8 Å². The molecular formula is C12H16BrClN2S. The Kier molecular flexibility index (Phi) is 5.18. The normalized spacial score (nSPS) is 19.2. The lowest BCUT2D eigenvalue weighted by Crippen LogP contribution is -2.39. The second-order valence-corrected chi connectivity index (χ2v) is 6.58. The SMILES string of the molecule is NCC(c1cc(Cl)ccc1Br)N1CCSCC1. The first-order valence-electron chi connectivity index (χ1n) is 5.69. The minimum atomic E-state index is 0.268. The van der Waals surface area contributed by atoms with Crippen LogP contribution in [0.4, 0.5) is 0 Å². The van der Waals surface area contributed by atoms with Crippen molar-refractivity contribution in [3.63, 3.8) is 0 Å². The van der Waals surface area contributed by atoms with E-state index in [0.717, 1.165) is 22.6 Å². The largest absolute Gasteiger partial charge is 0.329 e. The van der Waals surface area contributed by atoms with E-state index < -0.39 is 0 Å². The number of nitrogens with zero attached hydrogens (tertiary/aromatic N) is 1. The summed E-state index contributed by atoms with van der Waals surface area (Å²) in [6, 6.07) is 6.18. The standard InChI is InChI=1S/C12H16BrClN2S/c13-11-2-1-9(14)7-10(11)12(8-15)16-3-5-17-6-4-16/h1-2,7,12H,3-6,8,15H2. The van der Waals surface area contributed by atoms with Gasteiger partial charge in [-0.25, -0.2) is 0 Å². The third-order valence-electron chi connectivity index (χ3n) is 3.03. The smallest absolute Gasteiger partial charge is 0.0482 e. The Morgan fingerprint density at radius 2 is 2.12 bits per heavy atom. The Balaban J connectivity index is 2.24. The lowest BCUT2D eigenvalue weighted by Gasteiger charge is -2.34. The maximum absolute atomic E-state index is 6.07. The van der Waals surface area contributed by atoms with Crippen LogP contribution in [0, 0.1) is 0 Å². The molecule has 2 rings (SSSR count). The maximum Gasteiger partial charge on any atom is 0.0482 e. The van der Waals surface area contributed by atoms with Crippen LogP contribution in [0.1, 0.15) is 11.6 Å². The van der Waals surface area contributed by atoms with Crippen LogP contribution >= 0.6 is 39.3 Å². The number of hydrogen-bond acceptors (Lipinski definition) is 3. The molecular weight excluding hydrogens is 320 g/mol. The van der Waals surface area contributed by atoms with Gasteiger partial charge in [0.15, 0.2) is 0 Å². The fourth-order valence-electron chi connectivity index (χ4n) is 2.13. The lowest BCUT2D eigenvalue weighted by molar-refractivity contribution is 0.222. The average molecular weight is 336 g/mol. The number of nitrogens with two attached hydrogens (primary N) is 1. The van der Waals surface area contributed by atoms with E-state index in [2.05, 4.69) is 20.8 Å². The van der Waals surface area contributed by atoms with Gasteiger partial charge in [0.25, 0.3) is 0 Å². The third-order valence-corrected chi connectivity index (χ3v) is 4.93. The number of halogens is 2. The molecule has 0 amide bonds. The van der Waals surface area contributed by atoms with Crippen LogP contribution in [0.15, 0.2) is 22.7 Å². The molecule has 1 aliphatic heterocycles. The van der Waals surface area contributed by atoms with Crippen molar-refractivity contribution in [1.29, 1.82) is 0 Å². The van der Waals surface area contributed by atoms with Crippen molar-refractivity contribution < 1.29 is 0 Å². The van der Waals surface area contributed by atoms with Crippen LogP contribution < -0.4 is 5.73 Å². The van der Waals surface area contributed by atoms with E-state index in [9.17, 15) is 0 Å². The highest BCUT2D eigenvalue weighted by molar-refractivity contribution is 9.10. The highest BCUT2D eigenvalue weighted by atomic mass is 79.9. The van der Waals surface area contributed by atoms with Crippen LogP contribution in [0.3, 0.4) is 0 Å². The molecule has 0 aliphatic carbocycles. The number of benzene rings is 1. The van der Waals surface area contributed by atoms with Gasteiger partial charge in [-0.05, 0) is 23.8 Å². The zero-order valence-corrected chi connectivity index (χ0v) is 12.7. The highest BCUT2D eigenvalue weighted by Gasteiger charge is 2.22. The monoisotopic (exact) mass is 334 g/mol. The molecule has 17 heavy (non-hydrogen) atoms.